The Morgan fingerprint density at radius 2 is 1.84 bits per heavy atom. The lowest BCUT2D eigenvalue weighted by Gasteiger charge is -2.41. The summed E-state index contributed by atoms with van der Waals surface area (Å²) < 4.78 is 0. The fourth-order valence-electron chi connectivity index (χ4n) is 2.59. The van der Waals surface area contributed by atoms with Gasteiger partial charge in [0.2, 0.25) is 0 Å². The molecule has 1 heterocycles. The minimum absolute atomic E-state index is 0.321. The zero-order valence-corrected chi connectivity index (χ0v) is 12.4. The van der Waals surface area contributed by atoms with Gasteiger partial charge in [-0.25, -0.2) is 0 Å². The summed E-state index contributed by atoms with van der Waals surface area (Å²) in [5.74, 6) is 0.365. The molecule has 0 unspecified atom stereocenters. The number of hydrogen-bond acceptors (Lipinski definition) is 3. The maximum atomic E-state index is 12.0. The Morgan fingerprint density at radius 1 is 1.21 bits per heavy atom. The molecular formula is C16H24N2O. The van der Waals surface area contributed by atoms with Gasteiger partial charge in [-0.3, -0.25) is 9.69 Å². The van der Waals surface area contributed by atoms with E-state index in [4.69, 9.17) is 0 Å². The highest BCUT2D eigenvalue weighted by Crippen LogP contribution is 2.26. The third-order valence-corrected chi connectivity index (χ3v) is 4.13. The first kappa shape index (κ1) is 14.1. The van der Waals surface area contributed by atoms with Gasteiger partial charge in [0.15, 0.2) is 5.78 Å². The van der Waals surface area contributed by atoms with E-state index in [1.165, 1.54) is 11.3 Å². The molecule has 19 heavy (non-hydrogen) atoms. The van der Waals surface area contributed by atoms with Crippen LogP contribution in [0, 0.1) is 0 Å². The summed E-state index contributed by atoms with van der Waals surface area (Å²) in [7, 11) is 4.09. The van der Waals surface area contributed by atoms with Crippen molar-refractivity contribution in [2.24, 2.45) is 0 Å². The highest BCUT2D eigenvalue weighted by atomic mass is 16.1. The smallest absolute Gasteiger partial charge is 0.152 e. The second kappa shape index (κ2) is 5.33. The number of Topliss-reactive ketones (excluding diaryl/α,β-unsaturated/α-hetero) is 1. The molecule has 1 aliphatic rings. The standard InChI is InChI=1S/C16H24N2O/c1-16(2)15(19)6-5-11-18(16)12-13-7-9-14(10-8-13)17(3)4/h7-10H,5-6,11-12H2,1-4H3. The second-order valence-corrected chi connectivity index (χ2v) is 6.07. The molecule has 0 aromatic heterocycles. The molecule has 2 rings (SSSR count). The Hall–Kier alpha value is -1.35. The van der Waals surface area contributed by atoms with Crippen molar-refractivity contribution >= 4 is 11.5 Å². The molecule has 0 aliphatic carbocycles. The minimum atomic E-state index is -0.321. The quantitative estimate of drug-likeness (QED) is 0.835. The summed E-state index contributed by atoms with van der Waals surface area (Å²) in [6.45, 7) is 5.95. The SMILES string of the molecule is CN(C)c1ccc(CN2CCCC(=O)C2(C)C)cc1. The lowest BCUT2D eigenvalue weighted by Crippen LogP contribution is -2.53. The number of rotatable bonds is 3. The number of carbonyl (C=O) groups is 1. The summed E-state index contributed by atoms with van der Waals surface area (Å²) in [6, 6.07) is 8.58. The van der Waals surface area contributed by atoms with E-state index >= 15 is 0 Å². The van der Waals surface area contributed by atoms with Crippen molar-refractivity contribution in [2.75, 3.05) is 25.5 Å². The van der Waals surface area contributed by atoms with Crippen LogP contribution in [0.5, 0.6) is 0 Å². The monoisotopic (exact) mass is 260 g/mol. The van der Waals surface area contributed by atoms with Gasteiger partial charge in [-0.15, -0.1) is 0 Å². The molecule has 104 valence electrons. The van der Waals surface area contributed by atoms with Gasteiger partial charge in [0.25, 0.3) is 0 Å². The van der Waals surface area contributed by atoms with E-state index in [1.54, 1.807) is 0 Å². The largest absolute Gasteiger partial charge is 0.378 e. The maximum absolute atomic E-state index is 12.0. The fourth-order valence-corrected chi connectivity index (χ4v) is 2.59. The Morgan fingerprint density at radius 3 is 2.42 bits per heavy atom. The van der Waals surface area contributed by atoms with Gasteiger partial charge >= 0.3 is 0 Å². The summed E-state index contributed by atoms with van der Waals surface area (Å²) >= 11 is 0. The summed E-state index contributed by atoms with van der Waals surface area (Å²) in [4.78, 5) is 16.4. The van der Waals surface area contributed by atoms with Crippen molar-refractivity contribution in [1.29, 1.82) is 0 Å². The predicted molar refractivity (Wildman–Crippen MR) is 79.5 cm³/mol. The number of ketones is 1. The lowest BCUT2D eigenvalue weighted by molar-refractivity contribution is -0.133. The van der Waals surface area contributed by atoms with Crippen molar-refractivity contribution in [3.8, 4) is 0 Å². The average molecular weight is 260 g/mol. The molecule has 0 N–H and O–H groups in total. The number of likely N-dealkylation sites (tertiary alicyclic amines) is 1. The van der Waals surface area contributed by atoms with E-state index in [-0.39, 0.29) is 5.54 Å². The topological polar surface area (TPSA) is 23.6 Å². The van der Waals surface area contributed by atoms with Gasteiger partial charge in [-0.05, 0) is 44.5 Å². The molecule has 1 aromatic rings. The molecule has 1 saturated heterocycles. The summed E-state index contributed by atoms with van der Waals surface area (Å²) in [5, 5.41) is 0. The first-order valence-corrected chi connectivity index (χ1v) is 6.96. The van der Waals surface area contributed by atoms with Gasteiger partial charge in [0, 0.05) is 32.7 Å². The molecule has 1 aromatic carbocycles. The van der Waals surface area contributed by atoms with E-state index in [0.717, 1.165) is 25.9 Å². The van der Waals surface area contributed by atoms with Crippen molar-refractivity contribution in [1.82, 2.24) is 4.90 Å². The Balaban J connectivity index is 2.10. The van der Waals surface area contributed by atoms with Crippen LogP contribution in [-0.4, -0.2) is 36.9 Å². The van der Waals surface area contributed by atoms with Gasteiger partial charge in [0.1, 0.15) is 0 Å². The third kappa shape index (κ3) is 2.98. The van der Waals surface area contributed by atoms with Crippen molar-refractivity contribution < 1.29 is 4.79 Å². The second-order valence-electron chi connectivity index (χ2n) is 6.07. The molecule has 1 fully saturated rings. The first-order chi connectivity index (χ1) is 8.91. The molecule has 0 bridgehead atoms. The molecule has 3 heteroatoms. The highest BCUT2D eigenvalue weighted by molar-refractivity contribution is 5.88. The van der Waals surface area contributed by atoms with Crippen molar-refractivity contribution in [2.45, 2.75) is 38.8 Å². The maximum Gasteiger partial charge on any atom is 0.152 e. The van der Waals surface area contributed by atoms with Gasteiger partial charge in [0.05, 0.1) is 5.54 Å². The van der Waals surface area contributed by atoms with Crippen LogP contribution >= 0.6 is 0 Å². The number of piperidine rings is 1. The summed E-state index contributed by atoms with van der Waals surface area (Å²) in [6.07, 6.45) is 1.71. The molecule has 1 aliphatic heterocycles. The molecule has 0 spiro atoms. The zero-order chi connectivity index (χ0) is 14.0. The summed E-state index contributed by atoms with van der Waals surface area (Å²) in [5.41, 5.74) is 2.16. The number of hydrogen-bond donors (Lipinski definition) is 0. The van der Waals surface area contributed by atoms with Crippen LogP contribution in [0.3, 0.4) is 0 Å². The predicted octanol–water partition coefficient (Wildman–Crippen LogP) is 2.70. The lowest BCUT2D eigenvalue weighted by atomic mass is 9.88. The van der Waals surface area contributed by atoms with Crippen LogP contribution in [0.2, 0.25) is 0 Å². The highest BCUT2D eigenvalue weighted by Gasteiger charge is 2.36. The van der Waals surface area contributed by atoms with Crippen molar-refractivity contribution in [3.05, 3.63) is 29.8 Å². The van der Waals surface area contributed by atoms with Crippen LogP contribution in [-0.2, 0) is 11.3 Å². The van der Waals surface area contributed by atoms with Crippen LogP contribution in [0.25, 0.3) is 0 Å². The zero-order valence-electron chi connectivity index (χ0n) is 12.4. The van der Waals surface area contributed by atoms with E-state index in [0.29, 0.717) is 5.78 Å². The molecule has 0 atom stereocenters. The van der Waals surface area contributed by atoms with Crippen molar-refractivity contribution in [3.63, 3.8) is 0 Å². The van der Waals surface area contributed by atoms with Crippen LogP contribution in [0.1, 0.15) is 32.3 Å². The van der Waals surface area contributed by atoms with Gasteiger partial charge < -0.3 is 4.90 Å². The number of benzene rings is 1. The molecular weight excluding hydrogens is 236 g/mol. The van der Waals surface area contributed by atoms with Crippen LogP contribution in [0.4, 0.5) is 5.69 Å². The molecule has 0 amide bonds. The van der Waals surface area contributed by atoms with Gasteiger partial charge in [-0.2, -0.15) is 0 Å². The minimum Gasteiger partial charge on any atom is -0.378 e. The number of anilines is 1. The Labute approximate surface area is 116 Å². The van der Waals surface area contributed by atoms with E-state index < -0.39 is 0 Å². The van der Waals surface area contributed by atoms with Gasteiger partial charge in [-0.1, -0.05) is 12.1 Å². The normalized spacial score (nSPS) is 19.5. The molecule has 0 saturated carbocycles. The van der Waals surface area contributed by atoms with E-state index in [1.807, 2.05) is 27.9 Å². The number of nitrogens with zero attached hydrogens (tertiary/aromatic N) is 2. The Bertz CT molecular complexity index is 448. The Kier molecular flexibility index (Phi) is 3.95. The third-order valence-electron chi connectivity index (χ3n) is 4.13. The molecule has 0 radical (unpaired) electrons. The van der Waals surface area contributed by atoms with E-state index in [9.17, 15) is 4.79 Å². The number of carbonyl (C=O) groups excluding carboxylic acids is 1. The van der Waals surface area contributed by atoms with Crippen LogP contribution < -0.4 is 4.90 Å². The van der Waals surface area contributed by atoms with E-state index in [2.05, 4.69) is 34.1 Å². The average Bonchev–Trinajstić information content (AvgIpc) is 2.36. The fraction of sp³-hybridized carbons (Fsp3) is 0.562. The first-order valence-electron chi connectivity index (χ1n) is 6.96. The molecule has 3 nitrogen and oxygen atoms in total. The van der Waals surface area contributed by atoms with Crippen LogP contribution in [0.15, 0.2) is 24.3 Å².